The molecule has 1 aromatic carbocycles. The van der Waals surface area contributed by atoms with Gasteiger partial charge in [-0.25, -0.2) is 0 Å². The quantitative estimate of drug-likeness (QED) is 0.615. The number of nitrogens with zero attached hydrogens (tertiary/aromatic N) is 1. The van der Waals surface area contributed by atoms with Crippen molar-refractivity contribution in [1.82, 2.24) is 0 Å². The van der Waals surface area contributed by atoms with Gasteiger partial charge in [-0.05, 0) is 44.7 Å². The standard InChI is InChI=1S/C17H21NO6S/c1-17(16(22)23)10-25-15(18-17)12-7-6-11(9-13(12)19)24-8-4-2-3-5-14(20)21/h6-7,9,19H,2-5,8,10H2,1H3,(H,20,21)(H,22,23)/p-2/t17-/m1/s1. The number of carboxylic acids is 2. The maximum absolute atomic E-state index is 11.1. The molecule has 1 aliphatic rings. The first-order chi connectivity index (χ1) is 11.8. The van der Waals surface area contributed by atoms with Gasteiger partial charge < -0.3 is 29.6 Å². The van der Waals surface area contributed by atoms with Crippen molar-refractivity contribution in [3.8, 4) is 11.5 Å². The molecule has 0 bridgehead atoms. The predicted octanol–water partition coefficient (Wildman–Crippen LogP) is 0.0833. The third kappa shape index (κ3) is 5.12. The number of carboxylic acid groups (broad SMARTS) is 2. The molecule has 8 heteroatoms. The van der Waals surface area contributed by atoms with Crippen molar-refractivity contribution in [2.75, 3.05) is 12.4 Å². The highest BCUT2D eigenvalue weighted by atomic mass is 32.2. The van der Waals surface area contributed by atoms with Crippen LogP contribution in [0.25, 0.3) is 0 Å². The second-order valence-corrected chi connectivity index (χ2v) is 6.94. The van der Waals surface area contributed by atoms with Crippen molar-refractivity contribution in [3.63, 3.8) is 0 Å². The van der Waals surface area contributed by atoms with Gasteiger partial charge in [-0.2, -0.15) is 0 Å². The number of phenolic OH excluding ortho intramolecular Hbond substituents is 1. The summed E-state index contributed by atoms with van der Waals surface area (Å²) < 4.78 is 5.52. The monoisotopic (exact) mass is 365 g/mol. The first kappa shape index (κ1) is 19.1. The van der Waals surface area contributed by atoms with Crippen LogP contribution in [0.15, 0.2) is 23.2 Å². The Hall–Kier alpha value is -2.22. The Bertz CT molecular complexity index is 690. The van der Waals surface area contributed by atoms with Crippen LogP contribution in [0.3, 0.4) is 0 Å². The van der Waals surface area contributed by atoms with Crippen molar-refractivity contribution in [1.29, 1.82) is 0 Å². The summed E-state index contributed by atoms with van der Waals surface area (Å²) in [7, 11) is 0. The summed E-state index contributed by atoms with van der Waals surface area (Å²) in [5, 5.41) is 32.0. The molecule has 1 heterocycles. The van der Waals surface area contributed by atoms with E-state index in [4.69, 9.17) is 4.74 Å². The third-order valence-corrected chi connectivity index (χ3v) is 5.06. The zero-order valence-corrected chi connectivity index (χ0v) is 14.6. The summed E-state index contributed by atoms with van der Waals surface area (Å²) in [6, 6.07) is 4.76. The fourth-order valence-corrected chi connectivity index (χ4v) is 3.45. The summed E-state index contributed by atoms with van der Waals surface area (Å²) >= 11 is 1.26. The number of aliphatic imine (C=N–C) groups is 1. The molecule has 0 unspecified atom stereocenters. The van der Waals surface area contributed by atoms with E-state index in [9.17, 15) is 24.9 Å². The van der Waals surface area contributed by atoms with E-state index < -0.39 is 17.5 Å². The fourth-order valence-electron chi connectivity index (χ4n) is 2.26. The van der Waals surface area contributed by atoms with Gasteiger partial charge in [0.1, 0.15) is 22.1 Å². The highest BCUT2D eigenvalue weighted by Gasteiger charge is 2.33. The van der Waals surface area contributed by atoms with E-state index in [0.29, 0.717) is 42.2 Å². The molecule has 1 aliphatic heterocycles. The third-order valence-electron chi connectivity index (χ3n) is 3.77. The van der Waals surface area contributed by atoms with Gasteiger partial charge in [-0.1, -0.05) is 0 Å². The number of unbranched alkanes of at least 4 members (excludes halogenated alkanes) is 2. The topological polar surface area (TPSA) is 122 Å². The highest BCUT2D eigenvalue weighted by molar-refractivity contribution is 8.14. The van der Waals surface area contributed by atoms with Crippen molar-refractivity contribution in [3.05, 3.63) is 23.8 Å². The number of aromatic hydroxyl groups is 1. The molecule has 1 aromatic rings. The Balaban J connectivity index is 1.91. The van der Waals surface area contributed by atoms with E-state index in [-0.39, 0.29) is 17.9 Å². The lowest BCUT2D eigenvalue weighted by Gasteiger charge is -2.19. The minimum Gasteiger partial charge on any atom is -0.550 e. The maximum Gasteiger partial charge on any atom is 0.129 e. The molecule has 1 N–H and O–H groups in total. The molecule has 0 saturated heterocycles. The number of phenols is 1. The van der Waals surface area contributed by atoms with Crippen molar-refractivity contribution < 1.29 is 29.6 Å². The number of benzene rings is 1. The molecule has 7 nitrogen and oxygen atoms in total. The zero-order valence-electron chi connectivity index (χ0n) is 13.8. The van der Waals surface area contributed by atoms with Crippen LogP contribution in [0.2, 0.25) is 0 Å². The van der Waals surface area contributed by atoms with Gasteiger partial charge in [0, 0.05) is 23.4 Å². The van der Waals surface area contributed by atoms with Crippen LogP contribution in [0.4, 0.5) is 0 Å². The van der Waals surface area contributed by atoms with Gasteiger partial charge in [0.2, 0.25) is 0 Å². The van der Waals surface area contributed by atoms with E-state index >= 15 is 0 Å². The SMILES string of the molecule is C[C@]1(C(=O)[O-])CSC(c2ccc(OCCCCCC(=O)[O-])cc2O)=N1. The minimum atomic E-state index is -1.28. The van der Waals surface area contributed by atoms with Gasteiger partial charge in [-0.3, -0.25) is 4.99 Å². The Morgan fingerprint density at radius 2 is 2.08 bits per heavy atom. The second-order valence-electron chi connectivity index (χ2n) is 5.98. The summed E-state index contributed by atoms with van der Waals surface area (Å²) in [5.74, 6) is -1.60. The summed E-state index contributed by atoms with van der Waals surface area (Å²) in [4.78, 5) is 25.6. The molecule has 0 spiro atoms. The molecule has 0 radical (unpaired) electrons. The fraction of sp³-hybridized carbons (Fsp3) is 0.471. The van der Waals surface area contributed by atoms with Crippen LogP contribution in [0.1, 0.15) is 38.2 Å². The first-order valence-corrected chi connectivity index (χ1v) is 8.90. The normalized spacial score (nSPS) is 19.5. The van der Waals surface area contributed by atoms with Crippen molar-refractivity contribution in [2.45, 2.75) is 38.1 Å². The van der Waals surface area contributed by atoms with Crippen LogP contribution in [0, 0.1) is 0 Å². The van der Waals surface area contributed by atoms with Crippen LogP contribution in [-0.4, -0.2) is 40.0 Å². The van der Waals surface area contributed by atoms with Crippen molar-refractivity contribution in [2.24, 2.45) is 4.99 Å². The number of hydrogen-bond acceptors (Lipinski definition) is 8. The summed E-state index contributed by atoms with van der Waals surface area (Å²) in [5.41, 5.74) is -0.830. The predicted molar refractivity (Wildman–Crippen MR) is 89.5 cm³/mol. The molecule has 0 fully saturated rings. The Kier molecular flexibility index (Phi) is 6.30. The summed E-state index contributed by atoms with van der Waals surface area (Å²) in [6.07, 6.45) is 2.00. The lowest BCUT2D eigenvalue weighted by atomic mass is 10.1. The van der Waals surface area contributed by atoms with Crippen LogP contribution < -0.4 is 14.9 Å². The summed E-state index contributed by atoms with van der Waals surface area (Å²) in [6.45, 7) is 1.89. The van der Waals surface area contributed by atoms with E-state index in [1.807, 2.05) is 0 Å². The van der Waals surface area contributed by atoms with Gasteiger partial charge in [0.25, 0.3) is 0 Å². The van der Waals surface area contributed by atoms with E-state index in [0.717, 1.165) is 0 Å². The molecular weight excluding hydrogens is 346 g/mol. The number of thioether (sulfide) groups is 1. The molecule has 0 amide bonds. The Morgan fingerprint density at radius 3 is 2.68 bits per heavy atom. The molecule has 0 aromatic heterocycles. The van der Waals surface area contributed by atoms with Crippen LogP contribution in [-0.2, 0) is 9.59 Å². The van der Waals surface area contributed by atoms with Gasteiger partial charge in [-0.15, -0.1) is 11.8 Å². The maximum atomic E-state index is 11.1. The van der Waals surface area contributed by atoms with Crippen LogP contribution in [0.5, 0.6) is 11.5 Å². The van der Waals surface area contributed by atoms with E-state index in [1.165, 1.54) is 24.8 Å². The Labute approximate surface area is 149 Å². The van der Waals surface area contributed by atoms with Gasteiger partial charge >= 0.3 is 0 Å². The molecule has 25 heavy (non-hydrogen) atoms. The molecule has 0 aliphatic carbocycles. The number of rotatable bonds is 9. The highest BCUT2D eigenvalue weighted by Crippen LogP contribution is 2.35. The van der Waals surface area contributed by atoms with Crippen LogP contribution >= 0.6 is 11.8 Å². The molecule has 1 atom stereocenters. The number of hydrogen-bond donors (Lipinski definition) is 1. The average Bonchev–Trinajstić information content (AvgIpc) is 2.94. The number of aliphatic carboxylic acids is 2. The largest absolute Gasteiger partial charge is 0.550 e. The Morgan fingerprint density at radius 1 is 1.32 bits per heavy atom. The smallest absolute Gasteiger partial charge is 0.129 e. The molecule has 136 valence electrons. The van der Waals surface area contributed by atoms with E-state index in [2.05, 4.69) is 4.99 Å². The molecular formula is C17H19NO6S-2. The lowest BCUT2D eigenvalue weighted by molar-refractivity contribution is -0.311. The second kappa shape index (κ2) is 8.24. The van der Waals surface area contributed by atoms with Gasteiger partial charge in [0.05, 0.1) is 12.6 Å². The number of carbonyl (C=O) groups excluding carboxylic acids is 2. The average molecular weight is 365 g/mol. The molecule has 0 saturated carbocycles. The first-order valence-electron chi connectivity index (χ1n) is 7.92. The zero-order chi connectivity index (χ0) is 18.4. The number of ether oxygens (including phenoxy) is 1. The van der Waals surface area contributed by atoms with Crippen molar-refractivity contribution >= 4 is 28.7 Å². The van der Waals surface area contributed by atoms with E-state index in [1.54, 1.807) is 12.1 Å². The molecule has 2 rings (SSSR count). The number of carbonyl (C=O) groups is 2. The minimum absolute atomic E-state index is 0.0386. The lowest BCUT2D eigenvalue weighted by Crippen LogP contribution is -2.45. The van der Waals surface area contributed by atoms with Gasteiger partial charge in [0.15, 0.2) is 0 Å².